The van der Waals surface area contributed by atoms with E-state index in [0.717, 1.165) is 47.3 Å². The average molecular weight is 439 g/mol. The third kappa shape index (κ3) is 5.03. The summed E-state index contributed by atoms with van der Waals surface area (Å²) in [5, 5.41) is 9.67. The van der Waals surface area contributed by atoms with Crippen LogP contribution in [0.5, 0.6) is 0 Å². The number of nitrogens with zero attached hydrogens (tertiary/aromatic N) is 4. The first kappa shape index (κ1) is 21.7. The minimum absolute atomic E-state index is 0.185. The molecule has 3 aromatic rings. The van der Waals surface area contributed by atoms with Gasteiger partial charge in [0.2, 0.25) is 5.91 Å². The van der Waals surface area contributed by atoms with Crippen LogP contribution in [0.15, 0.2) is 52.2 Å². The van der Waals surface area contributed by atoms with Gasteiger partial charge in [-0.05, 0) is 44.4 Å². The van der Waals surface area contributed by atoms with Gasteiger partial charge in [0.05, 0.1) is 18.6 Å². The van der Waals surface area contributed by atoms with Crippen LogP contribution >= 0.6 is 11.8 Å². The van der Waals surface area contributed by atoms with Gasteiger partial charge < -0.3 is 9.32 Å². The van der Waals surface area contributed by atoms with Gasteiger partial charge in [-0.25, -0.2) is 0 Å². The Morgan fingerprint density at radius 3 is 2.68 bits per heavy atom. The highest BCUT2D eigenvalue weighted by Crippen LogP contribution is 2.28. The monoisotopic (exact) mass is 438 g/mol. The summed E-state index contributed by atoms with van der Waals surface area (Å²) >= 11 is 1.46. The molecule has 7 heteroatoms. The third-order valence-electron chi connectivity index (χ3n) is 6.00. The number of benzene rings is 1. The molecule has 1 fully saturated rings. The van der Waals surface area contributed by atoms with Gasteiger partial charge in [-0.1, -0.05) is 55.3 Å². The fraction of sp³-hybridized carbons (Fsp3) is 0.458. The van der Waals surface area contributed by atoms with E-state index < -0.39 is 0 Å². The molecular weight excluding hydrogens is 408 g/mol. The van der Waals surface area contributed by atoms with Gasteiger partial charge in [0, 0.05) is 18.2 Å². The van der Waals surface area contributed by atoms with Crippen LogP contribution in [0.25, 0.3) is 11.4 Å². The second kappa shape index (κ2) is 10.2. The largest absolute Gasteiger partial charge is 0.467 e. The lowest BCUT2D eigenvalue weighted by atomic mass is 9.94. The summed E-state index contributed by atoms with van der Waals surface area (Å²) in [7, 11) is 0. The first-order chi connectivity index (χ1) is 15.2. The number of hydrogen-bond acceptors (Lipinski definition) is 5. The van der Waals surface area contributed by atoms with Crippen LogP contribution in [0.1, 0.15) is 50.4 Å². The number of aryl methyl sites for hydroxylation is 1. The number of thioether (sulfide) groups is 1. The van der Waals surface area contributed by atoms with Gasteiger partial charge in [-0.3, -0.25) is 9.36 Å². The zero-order valence-electron chi connectivity index (χ0n) is 18.3. The highest BCUT2D eigenvalue weighted by atomic mass is 32.2. The van der Waals surface area contributed by atoms with Crippen LogP contribution in [0.3, 0.4) is 0 Å². The molecule has 0 N–H and O–H groups in total. The molecule has 2 aromatic heterocycles. The van der Waals surface area contributed by atoms with Crippen LogP contribution in [0.2, 0.25) is 0 Å². The fourth-order valence-electron chi connectivity index (χ4n) is 4.36. The van der Waals surface area contributed by atoms with Crippen molar-refractivity contribution in [2.75, 3.05) is 12.3 Å². The van der Waals surface area contributed by atoms with E-state index in [-0.39, 0.29) is 5.91 Å². The van der Waals surface area contributed by atoms with Crippen molar-refractivity contribution >= 4 is 17.7 Å². The molecule has 0 atom stereocenters. The Labute approximate surface area is 188 Å². The SMILES string of the molecule is CCN(C(=O)CSc1nnc(-c2ccccc2C)n1Cc1ccco1)C1CCCCC1. The normalized spacial score (nSPS) is 14.6. The Bertz CT molecular complexity index is 993. The summed E-state index contributed by atoms with van der Waals surface area (Å²) in [6.45, 7) is 5.44. The highest BCUT2D eigenvalue weighted by Gasteiger charge is 2.25. The Balaban J connectivity index is 1.55. The molecule has 6 nitrogen and oxygen atoms in total. The number of furan rings is 1. The number of carbonyl (C=O) groups is 1. The second-order valence-electron chi connectivity index (χ2n) is 8.05. The van der Waals surface area contributed by atoms with E-state index in [1.807, 2.05) is 24.3 Å². The summed E-state index contributed by atoms with van der Waals surface area (Å²) in [5.74, 6) is 2.18. The van der Waals surface area contributed by atoms with Gasteiger partial charge in [-0.2, -0.15) is 0 Å². The molecule has 1 amide bonds. The van der Waals surface area contributed by atoms with E-state index in [2.05, 4.69) is 45.6 Å². The van der Waals surface area contributed by atoms with Crippen molar-refractivity contribution in [2.45, 2.75) is 63.7 Å². The Kier molecular flexibility index (Phi) is 7.12. The molecule has 0 aliphatic heterocycles. The molecule has 0 unspecified atom stereocenters. The fourth-order valence-corrected chi connectivity index (χ4v) is 5.18. The molecule has 0 radical (unpaired) electrons. The van der Waals surface area contributed by atoms with Crippen LogP contribution in [0.4, 0.5) is 0 Å². The van der Waals surface area contributed by atoms with Gasteiger partial charge in [0.1, 0.15) is 5.76 Å². The minimum atomic E-state index is 0.185. The van der Waals surface area contributed by atoms with Crippen LogP contribution in [-0.2, 0) is 11.3 Å². The molecule has 1 aliphatic rings. The van der Waals surface area contributed by atoms with Crippen LogP contribution in [0, 0.1) is 6.92 Å². The van der Waals surface area contributed by atoms with Gasteiger partial charge in [-0.15, -0.1) is 10.2 Å². The molecule has 4 rings (SSSR count). The number of aromatic nitrogens is 3. The summed E-state index contributed by atoms with van der Waals surface area (Å²) in [5.41, 5.74) is 2.18. The molecule has 0 spiro atoms. The van der Waals surface area contributed by atoms with Gasteiger partial charge in [0.25, 0.3) is 0 Å². The third-order valence-corrected chi connectivity index (χ3v) is 6.95. The second-order valence-corrected chi connectivity index (χ2v) is 8.99. The average Bonchev–Trinajstić information content (AvgIpc) is 3.44. The predicted octanol–water partition coefficient (Wildman–Crippen LogP) is 5.17. The zero-order valence-corrected chi connectivity index (χ0v) is 19.1. The van der Waals surface area contributed by atoms with E-state index in [9.17, 15) is 4.79 Å². The molecule has 1 aliphatic carbocycles. The Hall–Kier alpha value is -2.54. The maximum Gasteiger partial charge on any atom is 0.233 e. The lowest BCUT2D eigenvalue weighted by Gasteiger charge is -2.33. The predicted molar refractivity (Wildman–Crippen MR) is 123 cm³/mol. The van der Waals surface area contributed by atoms with Crippen molar-refractivity contribution in [3.05, 3.63) is 54.0 Å². The Morgan fingerprint density at radius 2 is 1.97 bits per heavy atom. The molecule has 0 saturated heterocycles. The summed E-state index contributed by atoms with van der Waals surface area (Å²) in [4.78, 5) is 15.1. The molecular formula is C24H30N4O2S. The maximum absolute atomic E-state index is 13.0. The number of carbonyl (C=O) groups excluding carboxylic acids is 1. The van der Waals surface area contributed by atoms with E-state index >= 15 is 0 Å². The number of rotatable bonds is 8. The number of amides is 1. The molecule has 164 valence electrons. The van der Waals surface area contributed by atoms with Crippen molar-refractivity contribution in [3.8, 4) is 11.4 Å². The molecule has 0 bridgehead atoms. The molecule has 1 aromatic carbocycles. The van der Waals surface area contributed by atoms with E-state index in [4.69, 9.17) is 4.42 Å². The van der Waals surface area contributed by atoms with Gasteiger partial charge >= 0.3 is 0 Å². The van der Waals surface area contributed by atoms with Crippen molar-refractivity contribution in [3.63, 3.8) is 0 Å². The Morgan fingerprint density at radius 1 is 1.16 bits per heavy atom. The maximum atomic E-state index is 13.0. The summed E-state index contributed by atoms with van der Waals surface area (Å²) in [6, 6.07) is 12.4. The quantitative estimate of drug-likeness (QED) is 0.454. The van der Waals surface area contributed by atoms with E-state index in [0.29, 0.717) is 18.3 Å². The summed E-state index contributed by atoms with van der Waals surface area (Å²) in [6.07, 6.45) is 7.64. The standard InChI is InChI=1S/C24H30N4O2S/c1-3-27(19-11-5-4-6-12-19)22(29)17-31-24-26-25-23(21-14-8-7-10-18(21)2)28(24)16-20-13-9-15-30-20/h7-10,13-15,19H,3-6,11-12,16-17H2,1-2H3. The van der Waals surface area contributed by atoms with E-state index in [1.165, 1.54) is 31.0 Å². The first-order valence-electron chi connectivity index (χ1n) is 11.1. The topological polar surface area (TPSA) is 64.2 Å². The molecule has 1 saturated carbocycles. The highest BCUT2D eigenvalue weighted by molar-refractivity contribution is 7.99. The van der Waals surface area contributed by atoms with Crippen molar-refractivity contribution in [2.24, 2.45) is 0 Å². The lowest BCUT2D eigenvalue weighted by Crippen LogP contribution is -2.42. The van der Waals surface area contributed by atoms with Crippen molar-refractivity contribution in [1.29, 1.82) is 0 Å². The smallest absolute Gasteiger partial charge is 0.233 e. The van der Waals surface area contributed by atoms with Crippen molar-refractivity contribution in [1.82, 2.24) is 19.7 Å². The minimum Gasteiger partial charge on any atom is -0.467 e. The van der Waals surface area contributed by atoms with Crippen molar-refractivity contribution < 1.29 is 9.21 Å². The first-order valence-corrected chi connectivity index (χ1v) is 12.1. The van der Waals surface area contributed by atoms with Crippen LogP contribution in [-0.4, -0.2) is 43.9 Å². The summed E-state index contributed by atoms with van der Waals surface area (Å²) < 4.78 is 7.63. The van der Waals surface area contributed by atoms with Gasteiger partial charge in [0.15, 0.2) is 11.0 Å². The molecule has 2 heterocycles. The van der Waals surface area contributed by atoms with E-state index in [1.54, 1.807) is 6.26 Å². The number of hydrogen-bond donors (Lipinski definition) is 0. The lowest BCUT2D eigenvalue weighted by molar-refractivity contribution is -0.131. The zero-order chi connectivity index (χ0) is 21.6. The molecule has 31 heavy (non-hydrogen) atoms. The van der Waals surface area contributed by atoms with Crippen LogP contribution < -0.4 is 0 Å².